The average molecular weight is 410 g/mol. The quantitative estimate of drug-likeness (QED) is 0.643. The lowest BCUT2D eigenvalue weighted by molar-refractivity contribution is 0.102. The Labute approximate surface area is 170 Å². The van der Waals surface area contributed by atoms with Crippen LogP contribution < -0.4 is 10.1 Å². The summed E-state index contributed by atoms with van der Waals surface area (Å²) >= 11 is 0. The number of amides is 1. The van der Waals surface area contributed by atoms with Gasteiger partial charge in [-0.1, -0.05) is 42.5 Å². The van der Waals surface area contributed by atoms with Crippen molar-refractivity contribution in [1.82, 2.24) is 4.31 Å². The molecule has 0 fully saturated rings. The van der Waals surface area contributed by atoms with Crippen LogP contribution in [0.3, 0.4) is 0 Å². The van der Waals surface area contributed by atoms with Gasteiger partial charge < -0.3 is 10.1 Å². The lowest BCUT2D eigenvalue weighted by Gasteiger charge is -2.15. The Morgan fingerprint density at radius 3 is 2.17 bits per heavy atom. The second-order valence-electron chi connectivity index (χ2n) is 6.54. The Morgan fingerprint density at radius 1 is 0.897 bits per heavy atom. The van der Waals surface area contributed by atoms with Crippen LogP contribution in [0.15, 0.2) is 83.8 Å². The topological polar surface area (TPSA) is 75.7 Å². The zero-order chi connectivity index (χ0) is 20.9. The highest BCUT2D eigenvalue weighted by Crippen LogP contribution is 2.24. The Morgan fingerprint density at radius 2 is 1.52 bits per heavy atom. The lowest BCUT2D eigenvalue weighted by Crippen LogP contribution is -2.24. The van der Waals surface area contributed by atoms with E-state index in [2.05, 4.69) is 5.32 Å². The van der Waals surface area contributed by atoms with E-state index in [1.54, 1.807) is 42.5 Å². The normalized spacial score (nSPS) is 11.3. The molecule has 3 aromatic rings. The maximum atomic E-state index is 12.6. The lowest BCUT2D eigenvalue weighted by atomic mass is 10.1. The molecule has 7 heteroatoms. The largest absolute Gasteiger partial charge is 0.489 e. The predicted molar refractivity (Wildman–Crippen MR) is 112 cm³/mol. The van der Waals surface area contributed by atoms with Crippen molar-refractivity contribution in [3.63, 3.8) is 0 Å². The summed E-state index contributed by atoms with van der Waals surface area (Å²) < 4.78 is 31.7. The fourth-order valence-corrected chi connectivity index (χ4v) is 3.66. The minimum absolute atomic E-state index is 0.0474. The third-order valence-corrected chi connectivity index (χ3v) is 6.13. The Hall–Kier alpha value is -3.16. The predicted octanol–water partition coefficient (Wildman–Crippen LogP) is 3.77. The van der Waals surface area contributed by atoms with Crippen LogP contribution in [0, 0.1) is 0 Å². The molecule has 0 aliphatic heterocycles. The number of hydrogen-bond donors (Lipinski definition) is 1. The maximum Gasteiger partial charge on any atom is 0.255 e. The van der Waals surface area contributed by atoms with Crippen LogP contribution in [0.5, 0.6) is 5.75 Å². The molecule has 0 aromatic heterocycles. The maximum absolute atomic E-state index is 12.6. The van der Waals surface area contributed by atoms with E-state index in [0.29, 0.717) is 12.2 Å². The van der Waals surface area contributed by atoms with Crippen LogP contribution in [0.4, 0.5) is 5.69 Å². The van der Waals surface area contributed by atoms with Gasteiger partial charge in [0.25, 0.3) is 5.91 Å². The van der Waals surface area contributed by atoms with Crippen molar-refractivity contribution in [2.45, 2.75) is 11.5 Å². The second-order valence-corrected chi connectivity index (χ2v) is 8.66. The van der Waals surface area contributed by atoms with Gasteiger partial charge in [0.05, 0.1) is 5.69 Å². The Kier molecular flexibility index (Phi) is 6.31. The Balaban J connectivity index is 1.71. The van der Waals surface area contributed by atoms with E-state index < -0.39 is 10.0 Å². The molecule has 0 aliphatic rings. The number of benzene rings is 3. The first-order valence-corrected chi connectivity index (χ1v) is 10.4. The van der Waals surface area contributed by atoms with Gasteiger partial charge in [-0.05, 0) is 42.0 Å². The van der Waals surface area contributed by atoms with E-state index >= 15 is 0 Å². The molecule has 6 nitrogen and oxygen atoms in total. The van der Waals surface area contributed by atoms with E-state index in [4.69, 9.17) is 4.74 Å². The SMILES string of the molecule is CN(C)S(=O)(=O)c1ccccc1NC(=O)c1ccc(COc2ccccc2)cc1. The molecular weight excluding hydrogens is 388 g/mol. The van der Waals surface area contributed by atoms with Crippen molar-refractivity contribution in [3.05, 3.63) is 90.0 Å². The minimum Gasteiger partial charge on any atom is -0.489 e. The minimum atomic E-state index is -3.67. The summed E-state index contributed by atoms with van der Waals surface area (Å²) in [6, 6.07) is 22.8. The van der Waals surface area contributed by atoms with Crippen molar-refractivity contribution in [1.29, 1.82) is 0 Å². The first-order valence-electron chi connectivity index (χ1n) is 8.97. The van der Waals surface area contributed by atoms with Crippen molar-refractivity contribution < 1.29 is 17.9 Å². The molecule has 0 heterocycles. The van der Waals surface area contributed by atoms with E-state index in [0.717, 1.165) is 15.6 Å². The van der Waals surface area contributed by atoms with Gasteiger partial charge in [0.15, 0.2) is 0 Å². The van der Waals surface area contributed by atoms with E-state index in [-0.39, 0.29) is 16.5 Å². The molecule has 0 unspecified atom stereocenters. The fraction of sp³-hybridized carbons (Fsp3) is 0.136. The molecule has 150 valence electrons. The highest BCUT2D eigenvalue weighted by molar-refractivity contribution is 7.89. The second kappa shape index (κ2) is 8.89. The molecule has 0 saturated carbocycles. The number of carbonyl (C=O) groups is 1. The zero-order valence-electron chi connectivity index (χ0n) is 16.2. The molecular formula is C22H22N2O4S. The standard InChI is InChI=1S/C22H22N2O4S/c1-24(2)29(26,27)21-11-7-6-10-20(21)23-22(25)18-14-12-17(13-15-18)16-28-19-8-4-3-5-9-19/h3-15H,16H2,1-2H3,(H,23,25). The number of ether oxygens (including phenoxy) is 1. The highest BCUT2D eigenvalue weighted by Gasteiger charge is 2.22. The van der Waals surface area contributed by atoms with Gasteiger partial charge in [-0.2, -0.15) is 0 Å². The van der Waals surface area contributed by atoms with Crippen molar-refractivity contribution in [2.75, 3.05) is 19.4 Å². The fourth-order valence-electron chi connectivity index (χ4n) is 2.62. The first-order chi connectivity index (χ1) is 13.9. The highest BCUT2D eigenvalue weighted by atomic mass is 32.2. The summed E-state index contributed by atoms with van der Waals surface area (Å²) in [5, 5.41) is 2.69. The summed E-state index contributed by atoms with van der Waals surface area (Å²) in [6.45, 7) is 0.385. The van der Waals surface area contributed by atoms with Crippen LogP contribution in [0.25, 0.3) is 0 Å². The van der Waals surface area contributed by atoms with Gasteiger partial charge in [0.2, 0.25) is 10.0 Å². The molecule has 0 bridgehead atoms. The molecule has 0 atom stereocenters. The van der Waals surface area contributed by atoms with Crippen LogP contribution in [-0.4, -0.2) is 32.7 Å². The van der Waals surface area contributed by atoms with Crippen LogP contribution in [0.2, 0.25) is 0 Å². The molecule has 0 aliphatic carbocycles. The van der Waals surface area contributed by atoms with E-state index in [1.807, 2.05) is 30.3 Å². The third-order valence-electron chi connectivity index (χ3n) is 4.26. The molecule has 0 radical (unpaired) electrons. The zero-order valence-corrected chi connectivity index (χ0v) is 17.0. The number of nitrogens with zero attached hydrogens (tertiary/aromatic N) is 1. The third kappa shape index (κ3) is 5.01. The number of para-hydroxylation sites is 2. The molecule has 29 heavy (non-hydrogen) atoms. The van der Waals surface area contributed by atoms with E-state index in [9.17, 15) is 13.2 Å². The molecule has 0 saturated heterocycles. The smallest absolute Gasteiger partial charge is 0.255 e. The molecule has 0 spiro atoms. The molecule has 3 aromatic carbocycles. The van der Waals surface area contributed by atoms with Gasteiger partial charge in [0.1, 0.15) is 17.3 Å². The summed E-state index contributed by atoms with van der Waals surface area (Å²) in [5.74, 6) is 0.384. The van der Waals surface area contributed by atoms with Gasteiger partial charge >= 0.3 is 0 Å². The Bertz CT molecular complexity index is 1080. The van der Waals surface area contributed by atoms with Gasteiger partial charge in [-0.3, -0.25) is 4.79 Å². The monoisotopic (exact) mass is 410 g/mol. The number of nitrogens with one attached hydrogen (secondary N) is 1. The molecule has 1 amide bonds. The van der Waals surface area contributed by atoms with Crippen LogP contribution >= 0.6 is 0 Å². The van der Waals surface area contributed by atoms with Gasteiger partial charge in [-0.15, -0.1) is 0 Å². The van der Waals surface area contributed by atoms with Gasteiger partial charge in [0, 0.05) is 19.7 Å². The molecule has 3 rings (SSSR count). The average Bonchev–Trinajstić information content (AvgIpc) is 2.73. The number of hydrogen-bond acceptors (Lipinski definition) is 4. The number of anilines is 1. The summed E-state index contributed by atoms with van der Waals surface area (Å²) in [6.07, 6.45) is 0. The van der Waals surface area contributed by atoms with Crippen LogP contribution in [0.1, 0.15) is 15.9 Å². The van der Waals surface area contributed by atoms with Crippen molar-refractivity contribution in [3.8, 4) is 5.75 Å². The summed E-state index contributed by atoms with van der Waals surface area (Å²) in [4.78, 5) is 12.7. The molecule has 1 N–H and O–H groups in total. The summed E-state index contributed by atoms with van der Waals surface area (Å²) in [7, 11) is -0.777. The number of carbonyl (C=O) groups excluding carboxylic acids is 1. The van der Waals surface area contributed by atoms with Crippen molar-refractivity contribution in [2.24, 2.45) is 0 Å². The van der Waals surface area contributed by atoms with Crippen LogP contribution in [-0.2, 0) is 16.6 Å². The number of rotatable bonds is 7. The van der Waals surface area contributed by atoms with Crippen molar-refractivity contribution >= 4 is 21.6 Å². The van der Waals surface area contributed by atoms with E-state index in [1.165, 1.54) is 20.2 Å². The first kappa shape index (κ1) is 20.6. The van der Waals surface area contributed by atoms with Gasteiger partial charge in [-0.25, -0.2) is 12.7 Å². The summed E-state index contributed by atoms with van der Waals surface area (Å²) in [5.41, 5.74) is 1.58. The number of sulfonamides is 1.